The Hall–Kier alpha value is -4.86. The Labute approximate surface area is 258 Å². The quantitative estimate of drug-likeness (QED) is 0.126. The number of ether oxygens (including phenoxy) is 7. The van der Waals surface area contributed by atoms with Crippen molar-refractivity contribution in [2.45, 2.75) is 90.7 Å². The van der Waals surface area contributed by atoms with Gasteiger partial charge in [0.2, 0.25) is 0 Å². The lowest BCUT2D eigenvalue weighted by Crippen LogP contribution is -2.38. The summed E-state index contributed by atoms with van der Waals surface area (Å²) >= 11 is 0. The molecule has 1 N–H and O–H groups in total. The standard InChI is InChI=1S/C29H36O16/c1-16(39-15-22(13-30)45-29(38)18(3)41-24(33)12-11-23(31)32)26(35)43-19(4)28(37)44-20(5)27(36)42-17(2)25(34)40-14-21-9-7-6-8-10-21/h6-10,13,16-20,22H,11-12,14-15H2,1-5H3,(H,31,32)/t16-,17-,18-,19-,20-,22+/m0/s1. The summed E-state index contributed by atoms with van der Waals surface area (Å²) in [6.07, 6.45) is -9.41. The van der Waals surface area contributed by atoms with Crippen molar-refractivity contribution in [1.29, 1.82) is 0 Å². The summed E-state index contributed by atoms with van der Waals surface area (Å²) in [5.41, 5.74) is 0.726. The van der Waals surface area contributed by atoms with Gasteiger partial charge in [0.25, 0.3) is 0 Å². The summed E-state index contributed by atoms with van der Waals surface area (Å²) in [4.78, 5) is 94.5. The van der Waals surface area contributed by atoms with E-state index in [9.17, 15) is 38.4 Å². The van der Waals surface area contributed by atoms with Gasteiger partial charge in [0, 0.05) is 0 Å². The molecule has 1 rings (SSSR count). The van der Waals surface area contributed by atoms with Crippen molar-refractivity contribution in [3.05, 3.63) is 35.9 Å². The fourth-order valence-electron chi connectivity index (χ4n) is 2.97. The topological polar surface area (TPSA) is 221 Å². The number of hydrogen-bond acceptors (Lipinski definition) is 15. The molecule has 0 spiro atoms. The van der Waals surface area contributed by atoms with Crippen LogP contribution in [0, 0.1) is 0 Å². The predicted molar refractivity (Wildman–Crippen MR) is 147 cm³/mol. The van der Waals surface area contributed by atoms with E-state index in [1.807, 2.05) is 0 Å². The van der Waals surface area contributed by atoms with E-state index in [1.165, 1.54) is 20.8 Å². The summed E-state index contributed by atoms with van der Waals surface area (Å²) in [5.74, 6) is -7.39. The molecule has 0 amide bonds. The zero-order valence-corrected chi connectivity index (χ0v) is 25.3. The molecule has 248 valence electrons. The number of carboxylic acids is 1. The highest BCUT2D eigenvalue weighted by Gasteiger charge is 2.30. The van der Waals surface area contributed by atoms with Crippen LogP contribution in [0.25, 0.3) is 0 Å². The summed E-state index contributed by atoms with van der Waals surface area (Å²) in [5, 5.41) is 8.57. The molecule has 0 aliphatic rings. The van der Waals surface area contributed by atoms with Gasteiger partial charge in [0.05, 0.1) is 19.4 Å². The Morgan fingerprint density at radius 1 is 0.644 bits per heavy atom. The number of carboxylic acid groups (broad SMARTS) is 1. The van der Waals surface area contributed by atoms with Crippen molar-refractivity contribution >= 4 is 48.1 Å². The molecular formula is C29H36O16. The SMILES string of the molecule is C[C@H](OC[C@@H](C=O)OC(=O)[C@H](C)OC(=O)CCC(=O)O)C(=O)O[C@@H](C)C(=O)O[C@@H](C)C(=O)O[C@@H](C)C(=O)OCc1ccccc1. The number of carbonyl (C=O) groups is 8. The molecule has 1 aromatic carbocycles. The summed E-state index contributed by atoms with van der Waals surface area (Å²) in [7, 11) is 0. The van der Waals surface area contributed by atoms with Crippen LogP contribution in [0.2, 0.25) is 0 Å². The molecule has 0 saturated heterocycles. The molecule has 0 unspecified atom stereocenters. The van der Waals surface area contributed by atoms with Gasteiger partial charge in [0.15, 0.2) is 42.9 Å². The maximum atomic E-state index is 12.3. The average molecular weight is 641 g/mol. The second-order valence-electron chi connectivity index (χ2n) is 9.44. The third-order valence-electron chi connectivity index (χ3n) is 5.54. The van der Waals surface area contributed by atoms with Crippen LogP contribution in [0.3, 0.4) is 0 Å². The third kappa shape index (κ3) is 14.9. The van der Waals surface area contributed by atoms with E-state index in [2.05, 4.69) is 0 Å². The summed E-state index contributed by atoms with van der Waals surface area (Å²) in [6, 6.07) is 8.80. The van der Waals surface area contributed by atoms with Crippen LogP contribution >= 0.6 is 0 Å². The molecule has 0 radical (unpaired) electrons. The zero-order valence-electron chi connectivity index (χ0n) is 25.3. The number of esters is 6. The van der Waals surface area contributed by atoms with E-state index >= 15 is 0 Å². The van der Waals surface area contributed by atoms with E-state index in [-0.39, 0.29) is 12.9 Å². The van der Waals surface area contributed by atoms with E-state index in [1.54, 1.807) is 30.3 Å². The Balaban J connectivity index is 2.46. The van der Waals surface area contributed by atoms with E-state index in [4.69, 9.17) is 38.3 Å². The molecule has 0 fully saturated rings. The Morgan fingerprint density at radius 2 is 1.11 bits per heavy atom. The number of hydrogen-bond donors (Lipinski definition) is 1. The molecule has 0 aromatic heterocycles. The number of carbonyl (C=O) groups excluding carboxylic acids is 7. The molecule has 0 bridgehead atoms. The Bertz CT molecular complexity index is 1200. The fraction of sp³-hybridized carbons (Fsp3) is 0.517. The van der Waals surface area contributed by atoms with Gasteiger partial charge in [-0.05, 0) is 40.2 Å². The number of aldehydes is 1. The second-order valence-corrected chi connectivity index (χ2v) is 9.44. The van der Waals surface area contributed by atoms with Crippen molar-refractivity contribution in [2.75, 3.05) is 6.61 Å². The van der Waals surface area contributed by atoms with Gasteiger partial charge in [-0.1, -0.05) is 30.3 Å². The molecule has 0 saturated carbocycles. The van der Waals surface area contributed by atoms with Gasteiger partial charge in [-0.2, -0.15) is 0 Å². The monoisotopic (exact) mass is 640 g/mol. The zero-order chi connectivity index (χ0) is 34.1. The average Bonchev–Trinajstić information content (AvgIpc) is 3.00. The number of aliphatic carboxylic acids is 1. The second kappa shape index (κ2) is 19.4. The highest BCUT2D eigenvalue weighted by molar-refractivity contribution is 5.85. The van der Waals surface area contributed by atoms with Crippen LogP contribution in [0.1, 0.15) is 53.0 Å². The van der Waals surface area contributed by atoms with Crippen LogP contribution in [0.5, 0.6) is 0 Å². The summed E-state index contributed by atoms with van der Waals surface area (Å²) < 4.78 is 34.7. The molecular weight excluding hydrogens is 604 g/mol. The normalized spacial score (nSPS) is 14.6. The van der Waals surface area contributed by atoms with Gasteiger partial charge >= 0.3 is 41.8 Å². The highest BCUT2D eigenvalue weighted by atomic mass is 16.6. The fourth-order valence-corrected chi connectivity index (χ4v) is 2.97. The molecule has 0 aliphatic carbocycles. The van der Waals surface area contributed by atoms with Crippen molar-refractivity contribution < 1.29 is 76.6 Å². The molecule has 6 atom stereocenters. The third-order valence-corrected chi connectivity index (χ3v) is 5.54. The minimum atomic E-state index is -1.51. The van der Waals surface area contributed by atoms with Crippen molar-refractivity contribution in [3.8, 4) is 0 Å². The van der Waals surface area contributed by atoms with Crippen LogP contribution < -0.4 is 0 Å². The van der Waals surface area contributed by atoms with Crippen molar-refractivity contribution in [3.63, 3.8) is 0 Å². The van der Waals surface area contributed by atoms with Crippen LogP contribution in [0.4, 0.5) is 0 Å². The molecule has 0 aliphatic heterocycles. The van der Waals surface area contributed by atoms with Crippen LogP contribution in [-0.2, 0) is 78.1 Å². The molecule has 1 aromatic rings. The summed E-state index contributed by atoms with van der Waals surface area (Å²) in [6.45, 7) is 5.33. The molecule has 16 heteroatoms. The number of benzene rings is 1. The lowest BCUT2D eigenvalue weighted by molar-refractivity contribution is -0.185. The first kappa shape index (κ1) is 38.2. The lowest BCUT2D eigenvalue weighted by Gasteiger charge is -2.20. The van der Waals surface area contributed by atoms with Crippen molar-refractivity contribution in [2.24, 2.45) is 0 Å². The highest BCUT2D eigenvalue weighted by Crippen LogP contribution is 2.09. The molecule has 45 heavy (non-hydrogen) atoms. The first-order chi connectivity index (χ1) is 21.1. The maximum Gasteiger partial charge on any atom is 0.347 e. The van der Waals surface area contributed by atoms with Gasteiger partial charge in [-0.25, -0.2) is 24.0 Å². The smallest absolute Gasteiger partial charge is 0.347 e. The van der Waals surface area contributed by atoms with E-state index in [0.29, 0.717) is 0 Å². The van der Waals surface area contributed by atoms with Gasteiger partial charge in [-0.15, -0.1) is 0 Å². The minimum absolute atomic E-state index is 0.0357. The van der Waals surface area contributed by atoms with E-state index in [0.717, 1.165) is 19.4 Å². The lowest BCUT2D eigenvalue weighted by atomic mass is 10.2. The van der Waals surface area contributed by atoms with Crippen LogP contribution in [-0.4, -0.2) is 96.4 Å². The first-order valence-corrected chi connectivity index (χ1v) is 13.6. The molecule has 0 heterocycles. The van der Waals surface area contributed by atoms with Gasteiger partial charge in [-0.3, -0.25) is 14.4 Å². The first-order valence-electron chi connectivity index (χ1n) is 13.6. The van der Waals surface area contributed by atoms with E-state index < -0.39 is 97.9 Å². The van der Waals surface area contributed by atoms with Gasteiger partial charge in [0.1, 0.15) is 6.61 Å². The van der Waals surface area contributed by atoms with Crippen molar-refractivity contribution in [1.82, 2.24) is 0 Å². The Morgan fingerprint density at radius 3 is 1.62 bits per heavy atom. The predicted octanol–water partition coefficient (Wildman–Crippen LogP) is 0.837. The number of rotatable bonds is 19. The van der Waals surface area contributed by atoms with Gasteiger partial charge < -0.3 is 38.3 Å². The maximum absolute atomic E-state index is 12.3. The Kier molecular flexibility index (Phi) is 16.5. The largest absolute Gasteiger partial charge is 0.481 e. The molecule has 16 nitrogen and oxygen atoms in total. The van der Waals surface area contributed by atoms with Crippen LogP contribution in [0.15, 0.2) is 30.3 Å². The minimum Gasteiger partial charge on any atom is -0.481 e.